The number of carbonyl (C=O) groups excluding carboxylic acids is 1. The van der Waals surface area contributed by atoms with Crippen LogP contribution in [0.4, 0.5) is 10.2 Å². The van der Waals surface area contributed by atoms with Gasteiger partial charge in [-0.3, -0.25) is 9.69 Å². The minimum atomic E-state index is -2.03. The number of halogens is 1. The van der Waals surface area contributed by atoms with E-state index in [0.29, 0.717) is 30.0 Å². The van der Waals surface area contributed by atoms with Gasteiger partial charge in [-0.05, 0) is 19.4 Å². The van der Waals surface area contributed by atoms with E-state index < -0.39 is 11.6 Å². The van der Waals surface area contributed by atoms with Gasteiger partial charge in [0.1, 0.15) is 13.7 Å². The Labute approximate surface area is 113 Å². The summed E-state index contributed by atoms with van der Waals surface area (Å²) in [5.74, 6) is -0.0975. The molecule has 2 rings (SSSR count). The normalized spacial score (nSPS) is 22.5. The van der Waals surface area contributed by atoms with Crippen molar-refractivity contribution in [3.8, 4) is 0 Å². The zero-order chi connectivity index (χ0) is 14.0. The van der Waals surface area contributed by atoms with Crippen LogP contribution in [0.2, 0.25) is 0 Å². The molecule has 0 aromatic carbocycles. The Morgan fingerprint density at radius 2 is 2.32 bits per heavy atom. The molecule has 1 unspecified atom stereocenters. The lowest BCUT2D eigenvalue weighted by Gasteiger charge is -2.36. The molecule has 0 N–H and O–H groups in total. The molecule has 2 heterocycles. The number of anilines is 1. The van der Waals surface area contributed by atoms with Gasteiger partial charge in [-0.15, -0.1) is 0 Å². The highest BCUT2D eigenvalue weighted by atomic mass is 19.1. The Hall–Kier alpha value is -1.43. The second-order valence-corrected chi connectivity index (χ2v) is 4.58. The van der Waals surface area contributed by atoms with Crippen LogP contribution in [-0.2, 0) is 16.0 Å². The molecule has 0 fully saturated rings. The van der Waals surface area contributed by atoms with E-state index in [9.17, 15) is 9.18 Å². The van der Waals surface area contributed by atoms with E-state index in [-0.39, 0.29) is 13.0 Å². The van der Waals surface area contributed by atoms with Crippen LogP contribution in [-0.4, -0.2) is 44.2 Å². The molecular formula is C13H16BFN2O2. The first-order chi connectivity index (χ1) is 9.01. The number of pyridine rings is 1. The molecule has 2 radical (unpaired) electrons. The lowest BCUT2D eigenvalue weighted by molar-refractivity contribution is -0.135. The van der Waals surface area contributed by atoms with Crippen LogP contribution in [0.1, 0.15) is 19.4 Å². The van der Waals surface area contributed by atoms with Crippen molar-refractivity contribution in [1.29, 1.82) is 0 Å². The first-order valence-electron chi connectivity index (χ1n) is 6.35. The fourth-order valence-electron chi connectivity index (χ4n) is 2.28. The number of ether oxygens (including phenoxy) is 1. The van der Waals surface area contributed by atoms with Crippen LogP contribution in [0.3, 0.4) is 0 Å². The molecule has 4 nitrogen and oxygen atoms in total. The summed E-state index contributed by atoms with van der Waals surface area (Å²) >= 11 is 0. The number of fused-ring (bicyclic) bond motifs is 1. The van der Waals surface area contributed by atoms with E-state index in [2.05, 4.69) is 4.98 Å². The smallest absolute Gasteiger partial charge is 0.268 e. The highest BCUT2D eigenvalue weighted by Gasteiger charge is 2.47. The maximum atomic E-state index is 14.8. The average Bonchev–Trinajstić information content (AvgIpc) is 2.38. The van der Waals surface area contributed by atoms with Gasteiger partial charge in [0.25, 0.3) is 5.91 Å². The quantitative estimate of drug-likeness (QED) is 0.743. The Bertz CT molecular complexity index is 498. The summed E-state index contributed by atoms with van der Waals surface area (Å²) in [7, 11) is 5.67. The van der Waals surface area contributed by atoms with Crippen LogP contribution in [0, 0.1) is 0 Å². The van der Waals surface area contributed by atoms with Crippen LogP contribution >= 0.6 is 0 Å². The fourth-order valence-corrected chi connectivity index (χ4v) is 2.28. The van der Waals surface area contributed by atoms with Gasteiger partial charge < -0.3 is 4.74 Å². The third-order valence-corrected chi connectivity index (χ3v) is 3.17. The van der Waals surface area contributed by atoms with Crippen LogP contribution in [0.5, 0.6) is 0 Å². The Morgan fingerprint density at radius 1 is 1.58 bits per heavy atom. The molecule has 1 aliphatic rings. The first kappa shape index (κ1) is 14.0. The second kappa shape index (κ2) is 5.29. The Morgan fingerprint density at radius 3 is 2.95 bits per heavy atom. The molecule has 100 valence electrons. The number of carbonyl (C=O) groups is 1. The minimum absolute atomic E-state index is 0.0459. The summed E-state index contributed by atoms with van der Waals surface area (Å²) in [6.45, 7) is 4.04. The van der Waals surface area contributed by atoms with E-state index in [1.165, 1.54) is 11.1 Å². The largest absolute Gasteiger partial charge is 0.378 e. The van der Waals surface area contributed by atoms with Crippen molar-refractivity contribution in [2.24, 2.45) is 0 Å². The molecule has 0 bridgehead atoms. The Balaban J connectivity index is 2.41. The molecule has 1 amide bonds. The highest BCUT2D eigenvalue weighted by Crippen LogP contribution is 2.33. The average molecular weight is 262 g/mol. The van der Waals surface area contributed by atoms with Crippen molar-refractivity contribution in [3.63, 3.8) is 0 Å². The van der Waals surface area contributed by atoms with E-state index in [0.717, 1.165) is 0 Å². The summed E-state index contributed by atoms with van der Waals surface area (Å²) < 4.78 is 19.9. The molecule has 6 heteroatoms. The zero-order valence-corrected chi connectivity index (χ0v) is 11.1. The van der Waals surface area contributed by atoms with Gasteiger partial charge in [-0.1, -0.05) is 11.5 Å². The van der Waals surface area contributed by atoms with E-state index in [1.807, 2.05) is 0 Å². The third kappa shape index (κ3) is 2.49. The zero-order valence-electron chi connectivity index (χ0n) is 11.1. The molecule has 0 saturated carbocycles. The number of hydrogen-bond donors (Lipinski definition) is 0. The number of hydrogen-bond acceptors (Lipinski definition) is 3. The number of amides is 1. The lowest BCUT2D eigenvalue weighted by atomic mass is 9.88. The van der Waals surface area contributed by atoms with Gasteiger partial charge in [0.2, 0.25) is 5.67 Å². The summed E-state index contributed by atoms with van der Waals surface area (Å²) in [6.07, 6.45) is 1.43. The summed E-state index contributed by atoms with van der Waals surface area (Å²) in [4.78, 5) is 17.7. The molecule has 1 aromatic rings. The second-order valence-electron chi connectivity index (χ2n) is 4.58. The van der Waals surface area contributed by atoms with E-state index >= 15 is 0 Å². The minimum Gasteiger partial charge on any atom is -0.378 e. The van der Waals surface area contributed by atoms with Gasteiger partial charge >= 0.3 is 0 Å². The van der Waals surface area contributed by atoms with Gasteiger partial charge in [0.15, 0.2) is 0 Å². The molecule has 0 spiro atoms. The van der Waals surface area contributed by atoms with E-state index in [4.69, 9.17) is 12.6 Å². The molecule has 1 atom stereocenters. The third-order valence-electron chi connectivity index (χ3n) is 3.17. The van der Waals surface area contributed by atoms with Crippen molar-refractivity contribution in [1.82, 2.24) is 4.98 Å². The maximum absolute atomic E-state index is 14.8. The first-order valence-corrected chi connectivity index (χ1v) is 6.35. The van der Waals surface area contributed by atoms with Gasteiger partial charge in [-0.25, -0.2) is 9.37 Å². The predicted molar refractivity (Wildman–Crippen MR) is 71.7 cm³/mol. The van der Waals surface area contributed by atoms with Crippen LogP contribution in [0.15, 0.2) is 12.3 Å². The number of aromatic nitrogens is 1. The van der Waals surface area contributed by atoms with Crippen molar-refractivity contribution in [2.75, 3.05) is 24.7 Å². The molecule has 19 heavy (non-hydrogen) atoms. The number of nitrogens with zero attached hydrogens (tertiary/aromatic N) is 2. The van der Waals surface area contributed by atoms with Crippen LogP contribution < -0.4 is 10.4 Å². The van der Waals surface area contributed by atoms with Crippen LogP contribution in [0.25, 0.3) is 0 Å². The topological polar surface area (TPSA) is 42.4 Å². The predicted octanol–water partition coefficient (Wildman–Crippen LogP) is 0.529. The maximum Gasteiger partial charge on any atom is 0.268 e. The summed E-state index contributed by atoms with van der Waals surface area (Å²) in [5, 5.41) is 0. The fraction of sp³-hybridized carbons (Fsp3) is 0.538. The van der Waals surface area contributed by atoms with Crippen molar-refractivity contribution >= 4 is 25.0 Å². The van der Waals surface area contributed by atoms with E-state index in [1.54, 1.807) is 19.9 Å². The van der Waals surface area contributed by atoms with Gasteiger partial charge in [0.05, 0.1) is 6.61 Å². The Kier molecular flexibility index (Phi) is 3.89. The lowest BCUT2D eigenvalue weighted by Crippen LogP contribution is -2.54. The van der Waals surface area contributed by atoms with Crippen molar-refractivity contribution < 1.29 is 13.9 Å². The molecule has 0 aliphatic carbocycles. The molecule has 0 saturated heterocycles. The SMILES string of the molecule is [B]c1cnc2c(c1)CC(F)(COCC)C(=O)N2CC. The number of alkyl halides is 1. The molecular weight excluding hydrogens is 246 g/mol. The monoisotopic (exact) mass is 262 g/mol. The molecule has 1 aliphatic heterocycles. The highest BCUT2D eigenvalue weighted by molar-refractivity contribution is 6.32. The van der Waals surface area contributed by atoms with Crippen molar-refractivity contribution in [2.45, 2.75) is 25.9 Å². The van der Waals surface area contributed by atoms with Gasteiger partial charge in [-0.2, -0.15) is 0 Å². The molecule has 1 aromatic heterocycles. The van der Waals surface area contributed by atoms with Gasteiger partial charge in [0, 0.05) is 25.8 Å². The standard InChI is InChI=1S/C13H16BFN2O2/c1-3-17-11-9(5-10(14)7-16-11)6-13(15,12(17)18)8-19-4-2/h5,7H,3-4,6,8H2,1-2H3. The summed E-state index contributed by atoms with van der Waals surface area (Å²) in [6, 6.07) is 1.66. The summed E-state index contributed by atoms with van der Waals surface area (Å²) in [5.41, 5.74) is -0.930. The number of rotatable bonds is 4. The van der Waals surface area contributed by atoms with Crippen molar-refractivity contribution in [3.05, 3.63) is 17.8 Å².